The number of carbonyl (C=O) groups is 1. The molecule has 2 aromatic carbocycles. The minimum atomic E-state index is -0.279. The van der Waals surface area contributed by atoms with Gasteiger partial charge in [-0.25, -0.2) is 4.98 Å². The van der Waals surface area contributed by atoms with E-state index in [9.17, 15) is 4.79 Å². The molecule has 0 saturated heterocycles. The molecule has 150 valence electrons. The first-order valence-electron chi connectivity index (χ1n) is 9.37. The zero-order chi connectivity index (χ0) is 20.8. The molecule has 0 aliphatic carbocycles. The van der Waals surface area contributed by atoms with Crippen molar-refractivity contribution >= 4 is 23.1 Å². The highest BCUT2D eigenvalue weighted by Gasteiger charge is 2.12. The van der Waals surface area contributed by atoms with E-state index >= 15 is 0 Å². The Kier molecular flexibility index (Phi) is 6.34. The predicted molar refractivity (Wildman–Crippen MR) is 116 cm³/mol. The number of rotatable bonds is 7. The Bertz CT molecular complexity index is 985. The molecule has 29 heavy (non-hydrogen) atoms. The van der Waals surface area contributed by atoms with Crippen LogP contribution in [0.4, 0.5) is 17.2 Å². The summed E-state index contributed by atoms with van der Waals surface area (Å²) in [5.41, 5.74) is 3.19. The maximum absolute atomic E-state index is 12.6. The van der Waals surface area contributed by atoms with Crippen LogP contribution in [0, 0.1) is 0 Å². The van der Waals surface area contributed by atoms with Crippen molar-refractivity contribution in [2.45, 2.75) is 19.8 Å². The number of methoxy groups -OCH3 is 2. The molecule has 1 heterocycles. The minimum Gasteiger partial charge on any atom is -0.497 e. The lowest BCUT2D eigenvalue weighted by Crippen LogP contribution is -2.13. The smallest absolute Gasteiger partial charge is 0.257 e. The summed E-state index contributed by atoms with van der Waals surface area (Å²) in [5, 5.41) is 6.16. The Hall–Kier alpha value is -3.54. The lowest BCUT2D eigenvalue weighted by atomic mass is 10.0. The van der Waals surface area contributed by atoms with Gasteiger partial charge >= 0.3 is 0 Å². The Morgan fingerprint density at radius 2 is 1.76 bits per heavy atom. The molecule has 2 N–H and O–H groups in total. The fraction of sp³-hybridized carbons (Fsp3) is 0.217. The summed E-state index contributed by atoms with van der Waals surface area (Å²) >= 11 is 0. The molecule has 0 bridgehead atoms. The van der Waals surface area contributed by atoms with Crippen LogP contribution in [0.2, 0.25) is 0 Å². The zero-order valence-electron chi connectivity index (χ0n) is 17.0. The van der Waals surface area contributed by atoms with E-state index in [0.717, 1.165) is 5.69 Å². The number of hydrogen-bond donors (Lipinski definition) is 2. The highest BCUT2D eigenvalue weighted by molar-refractivity contribution is 6.05. The molecule has 0 atom stereocenters. The van der Waals surface area contributed by atoms with E-state index in [1.54, 1.807) is 50.7 Å². The summed E-state index contributed by atoms with van der Waals surface area (Å²) in [5.74, 6) is 1.96. The van der Waals surface area contributed by atoms with Crippen LogP contribution in [0.15, 0.2) is 60.8 Å². The van der Waals surface area contributed by atoms with Gasteiger partial charge in [0.05, 0.1) is 25.5 Å². The summed E-state index contributed by atoms with van der Waals surface area (Å²) in [4.78, 5) is 17.0. The third kappa shape index (κ3) is 4.85. The van der Waals surface area contributed by atoms with Gasteiger partial charge in [0.15, 0.2) is 0 Å². The Balaban J connectivity index is 1.75. The molecule has 0 aliphatic rings. The second kappa shape index (κ2) is 9.10. The van der Waals surface area contributed by atoms with Gasteiger partial charge in [0.2, 0.25) is 0 Å². The van der Waals surface area contributed by atoms with Crippen molar-refractivity contribution in [3.8, 4) is 11.5 Å². The number of hydrogen-bond acceptors (Lipinski definition) is 5. The normalized spacial score (nSPS) is 10.5. The van der Waals surface area contributed by atoms with Crippen LogP contribution in [0.25, 0.3) is 0 Å². The number of nitrogens with zero attached hydrogens (tertiary/aromatic N) is 1. The van der Waals surface area contributed by atoms with Gasteiger partial charge in [-0.2, -0.15) is 0 Å². The molecule has 0 fully saturated rings. The molecule has 0 radical (unpaired) electrons. The topological polar surface area (TPSA) is 72.5 Å². The van der Waals surface area contributed by atoms with Gasteiger partial charge in [-0.05, 0) is 41.8 Å². The highest BCUT2D eigenvalue weighted by atomic mass is 16.5. The van der Waals surface area contributed by atoms with Crippen LogP contribution in [-0.4, -0.2) is 25.1 Å². The first-order valence-corrected chi connectivity index (χ1v) is 9.37. The largest absolute Gasteiger partial charge is 0.497 e. The number of anilines is 3. The van der Waals surface area contributed by atoms with E-state index in [1.807, 2.05) is 18.2 Å². The van der Waals surface area contributed by atoms with Crippen molar-refractivity contribution in [3.05, 3.63) is 71.9 Å². The second-order valence-corrected chi connectivity index (χ2v) is 6.82. The third-order valence-electron chi connectivity index (χ3n) is 4.53. The average Bonchev–Trinajstić information content (AvgIpc) is 2.74. The molecule has 3 aromatic rings. The number of amides is 1. The quantitative estimate of drug-likeness (QED) is 0.578. The summed E-state index contributed by atoms with van der Waals surface area (Å²) in [6.45, 7) is 4.29. The van der Waals surface area contributed by atoms with Gasteiger partial charge in [0, 0.05) is 18.0 Å². The third-order valence-corrected chi connectivity index (χ3v) is 4.53. The molecule has 0 spiro atoms. The van der Waals surface area contributed by atoms with Crippen LogP contribution in [0.3, 0.4) is 0 Å². The standard InChI is InChI=1S/C23H25N3O3/c1-15(2)18-7-5-6-8-19(18)25-22-12-9-16(14-24-22)23(27)26-20-13-17(28-3)10-11-21(20)29-4/h5-15H,1-4H3,(H,24,25)(H,26,27). The lowest BCUT2D eigenvalue weighted by Gasteiger charge is -2.14. The van der Waals surface area contributed by atoms with E-state index in [0.29, 0.717) is 34.5 Å². The molecule has 6 heteroatoms. The predicted octanol–water partition coefficient (Wildman–Crippen LogP) is 5.22. The van der Waals surface area contributed by atoms with Crippen molar-refractivity contribution in [2.75, 3.05) is 24.9 Å². The number of benzene rings is 2. The van der Waals surface area contributed by atoms with E-state index in [1.165, 1.54) is 5.56 Å². The molecular weight excluding hydrogens is 366 g/mol. The molecule has 1 amide bonds. The summed E-state index contributed by atoms with van der Waals surface area (Å²) in [6.07, 6.45) is 1.54. The van der Waals surface area contributed by atoms with Crippen LogP contribution in [-0.2, 0) is 0 Å². The lowest BCUT2D eigenvalue weighted by molar-refractivity contribution is 0.102. The Labute approximate surface area is 170 Å². The van der Waals surface area contributed by atoms with Gasteiger partial charge in [-0.15, -0.1) is 0 Å². The van der Waals surface area contributed by atoms with Gasteiger partial charge in [-0.1, -0.05) is 32.0 Å². The summed E-state index contributed by atoms with van der Waals surface area (Å²) < 4.78 is 10.5. The van der Waals surface area contributed by atoms with Gasteiger partial charge in [0.1, 0.15) is 17.3 Å². The number of para-hydroxylation sites is 1. The fourth-order valence-corrected chi connectivity index (χ4v) is 2.96. The van der Waals surface area contributed by atoms with Crippen molar-refractivity contribution < 1.29 is 14.3 Å². The van der Waals surface area contributed by atoms with Crippen LogP contribution in [0.5, 0.6) is 11.5 Å². The van der Waals surface area contributed by atoms with Crippen molar-refractivity contribution in [3.63, 3.8) is 0 Å². The maximum Gasteiger partial charge on any atom is 0.257 e. The Morgan fingerprint density at radius 3 is 2.41 bits per heavy atom. The molecule has 3 rings (SSSR count). The van der Waals surface area contributed by atoms with Crippen LogP contribution < -0.4 is 20.1 Å². The number of ether oxygens (including phenoxy) is 2. The fourth-order valence-electron chi connectivity index (χ4n) is 2.96. The second-order valence-electron chi connectivity index (χ2n) is 6.82. The average molecular weight is 391 g/mol. The van der Waals surface area contributed by atoms with E-state index < -0.39 is 0 Å². The Morgan fingerprint density at radius 1 is 0.966 bits per heavy atom. The van der Waals surface area contributed by atoms with E-state index in [2.05, 4.69) is 35.5 Å². The molecule has 0 unspecified atom stereocenters. The van der Waals surface area contributed by atoms with Gasteiger partial charge in [0.25, 0.3) is 5.91 Å². The first-order chi connectivity index (χ1) is 14.0. The van der Waals surface area contributed by atoms with Gasteiger partial charge in [-0.3, -0.25) is 4.79 Å². The number of pyridine rings is 1. The molecule has 0 saturated carbocycles. The van der Waals surface area contributed by atoms with Crippen LogP contribution in [0.1, 0.15) is 35.7 Å². The van der Waals surface area contributed by atoms with Gasteiger partial charge < -0.3 is 20.1 Å². The number of nitrogens with one attached hydrogen (secondary N) is 2. The minimum absolute atomic E-state index is 0.279. The van der Waals surface area contributed by atoms with Crippen LogP contribution >= 0.6 is 0 Å². The van der Waals surface area contributed by atoms with E-state index in [4.69, 9.17) is 9.47 Å². The summed E-state index contributed by atoms with van der Waals surface area (Å²) in [7, 11) is 3.12. The van der Waals surface area contributed by atoms with Crippen molar-refractivity contribution in [2.24, 2.45) is 0 Å². The van der Waals surface area contributed by atoms with Crippen molar-refractivity contribution in [1.29, 1.82) is 0 Å². The number of carbonyl (C=O) groups excluding carboxylic acids is 1. The monoisotopic (exact) mass is 391 g/mol. The molecule has 6 nitrogen and oxygen atoms in total. The van der Waals surface area contributed by atoms with E-state index in [-0.39, 0.29) is 5.91 Å². The maximum atomic E-state index is 12.6. The van der Waals surface area contributed by atoms with Crippen molar-refractivity contribution in [1.82, 2.24) is 4.98 Å². The SMILES string of the molecule is COc1ccc(OC)c(NC(=O)c2ccc(Nc3ccccc3C(C)C)nc2)c1. The first kappa shape index (κ1) is 20.2. The number of aromatic nitrogens is 1. The molecule has 1 aromatic heterocycles. The zero-order valence-corrected chi connectivity index (χ0v) is 17.0. The molecular formula is C23H25N3O3. The summed E-state index contributed by atoms with van der Waals surface area (Å²) in [6, 6.07) is 16.9. The molecule has 0 aliphatic heterocycles. The highest BCUT2D eigenvalue weighted by Crippen LogP contribution is 2.29.